The Morgan fingerprint density at radius 1 is 1.45 bits per heavy atom. The summed E-state index contributed by atoms with van der Waals surface area (Å²) < 4.78 is 0. The van der Waals surface area contributed by atoms with E-state index in [-0.39, 0.29) is 68.9 Å². The van der Waals surface area contributed by atoms with Gasteiger partial charge in [-0.1, -0.05) is 13.8 Å². The first-order valence-electron chi connectivity index (χ1n) is 3.40. The molecular weight excluding hydrogens is 359 g/mol. The van der Waals surface area contributed by atoms with Gasteiger partial charge in [0.2, 0.25) is 0 Å². The normalized spacial score (nSPS) is 12.4. The number of hydrogen-bond acceptors (Lipinski definition) is 2. The number of carboxylic acids is 1. The van der Waals surface area contributed by atoms with E-state index in [9.17, 15) is 4.79 Å². The summed E-state index contributed by atoms with van der Waals surface area (Å²) in [7, 11) is 0. The molecule has 63 valence electrons. The van der Waals surface area contributed by atoms with Crippen LogP contribution >= 0.6 is 0 Å². The molecule has 0 unspecified atom stereocenters. The summed E-state index contributed by atoms with van der Waals surface area (Å²) >= 11 is 0. The SMILES string of the molecule is CC(C)[C@@H](CO)CC(=O)O.[Ac]. The molecule has 0 saturated heterocycles. The Morgan fingerprint density at radius 3 is 2.00 bits per heavy atom. The number of carbonyl (C=O) groups is 1. The Bertz CT molecular complexity index is 114. The van der Waals surface area contributed by atoms with Crippen LogP contribution in [0, 0.1) is 55.9 Å². The van der Waals surface area contributed by atoms with Crippen molar-refractivity contribution in [2.45, 2.75) is 20.3 Å². The van der Waals surface area contributed by atoms with Crippen molar-refractivity contribution in [3.05, 3.63) is 0 Å². The summed E-state index contributed by atoms with van der Waals surface area (Å²) in [4.78, 5) is 10.2. The smallest absolute Gasteiger partial charge is 0.303 e. The van der Waals surface area contributed by atoms with Crippen LogP contribution in [0.1, 0.15) is 20.3 Å². The summed E-state index contributed by atoms with van der Waals surface area (Å²) in [6.07, 6.45) is 0.0637. The first kappa shape index (κ1) is 14.4. The number of aliphatic hydroxyl groups excluding tert-OH is 1. The fourth-order valence-electron chi connectivity index (χ4n) is 0.735. The molecule has 3 nitrogen and oxygen atoms in total. The van der Waals surface area contributed by atoms with Gasteiger partial charge in [0.25, 0.3) is 0 Å². The molecule has 0 rings (SSSR count). The molecule has 1 atom stereocenters. The number of carboxylic acid groups (broad SMARTS) is 1. The molecule has 0 fully saturated rings. The maximum Gasteiger partial charge on any atom is 0.303 e. The summed E-state index contributed by atoms with van der Waals surface area (Å²) in [5, 5.41) is 17.0. The van der Waals surface area contributed by atoms with Gasteiger partial charge in [-0.25, -0.2) is 0 Å². The molecule has 0 aromatic carbocycles. The van der Waals surface area contributed by atoms with E-state index in [1.165, 1.54) is 0 Å². The van der Waals surface area contributed by atoms with E-state index in [4.69, 9.17) is 10.2 Å². The molecule has 0 bridgehead atoms. The second-order valence-electron chi connectivity index (χ2n) is 2.78. The molecule has 0 aliphatic carbocycles. The minimum absolute atomic E-state index is 0. The van der Waals surface area contributed by atoms with Crippen molar-refractivity contribution < 1.29 is 59.1 Å². The molecule has 0 saturated carbocycles. The average molecular weight is 373 g/mol. The molecule has 0 aliphatic rings. The van der Waals surface area contributed by atoms with Gasteiger partial charge in [0, 0.05) is 50.7 Å². The molecule has 0 aromatic rings. The minimum atomic E-state index is -0.840. The first-order valence-corrected chi connectivity index (χ1v) is 3.40. The van der Waals surface area contributed by atoms with Gasteiger partial charge >= 0.3 is 5.97 Å². The molecule has 0 aromatic heterocycles. The third-order valence-electron chi connectivity index (χ3n) is 1.61. The molecular formula is C7H14AcO3. The Kier molecular flexibility index (Phi) is 9.84. The van der Waals surface area contributed by atoms with E-state index in [0.717, 1.165) is 0 Å². The minimum Gasteiger partial charge on any atom is -0.481 e. The molecule has 2 N–H and O–H groups in total. The van der Waals surface area contributed by atoms with E-state index in [2.05, 4.69) is 0 Å². The van der Waals surface area contributed by atoms with Gasteiger partial charge in [0.15, 0.2) is 0 Å². The molecule has 4 heteroatoms. The summed E-state index contributed by atoms with van der Waals surface area (Å²) in [6.45, 7) is 3.78. The van der Waals surface area contributed by atoms with Gasteiger partial charge in [-0.05, 0) is 11.8 Å². The standard InChI is InChI=1S/C7H14O3.Ac/c1-5(2)6(4-8)3-7(9)10;/h5-6,8H,3-4H2,1-2H3,(H,9,10);/t6-;/m1./s1. The summed E-state index contributed by atoms with van der Waals surface area (Å²) in [6, 6.07) is 0. The number of aliphatic hydroxyl groups is 1. The van der Waals surface area contributed by atoms with Crippen LogP contribution in [-0.2, 0) is 4.79 Å². The molecule has 0 spiro atoms. The van der Waals surface area contributed by atoms with Crippen LogP contribution in [0.15, 0.2) is 0 Å². The predicted octanol–water partition coefficient (Wildman–Crippen LogP) is 0.726. The fraction of sp³-hybridized carbons (Fsp3) is 0.857. The second kappa shape index (κ2) is 7.52. The third-order valence-corrected chi connectivity index (χ3v) is 1.61. The van der Waals surface area contributed by atoms with Gasteiger partial charge in [0.1, 0.15) is 0 Å². The van der Waals surface area contributed by atoms with Crippen LogP contribution in [0.2, 0.25) is 0 Å². The van der Waals surface area contributed by atoms with E-state index in [1.807, 2.05) is 13.8 Å². The Morgan fingerprint density at radius 2 is 1.91 bits per heavy atom. The topological polar surface area (TPSA) is 57.5 Å². The average Bonchev–Trinajstić information content (AvgIpc) is 1.81. The van der Waals surface area contributed by atoms with Crippen LogP contribution in [-0.4, -0.2) is 22.8 Å². The van der Waals surface area contributed by atoms with Crippen LogP contribution in [0.25, 0.3) is 0 Å². The predicted molar refractivity (Wildman–Crippen MR) is 37.7 cm³/mol. The van der Waals surface area contributed by atoms with Crippen molar-refractivity contribution in [2.24, 2.45) is 11.8 Å². The van der Waals surface area contributed by atoms with E-state index >= 15 is 0 Å². The van der Waals surface area contributed by atoms with E-state index in [0.29, 0.717) is 0 Å². The molecule has 1 radical (unpaired) electrons. The van der Waals surface area contributed by atoms with Crippen LogP contribution in [0.4, 0.5) is 0 Å². The number of hydrogen-bond donors (Lipinski definition) is 2. The van der Waals surface area contributed by atoms with Crippen molar-refractivity contribution >= 4 is 5.97 Å². The molecule has 0 amide bonds. The number of rotatable bonds is 4. The fourth-order valence-corrected chi connectivity index (χ4v) is 0.735. The number of aliphatic carboxylic acids is 1. The third kappa shape index (κ3) is 7.24. The Balaban J connectivity index is 0. The Labute approximate surface area is 103 Å². The second-order valence-corrected chi connectivity index (χ2v) is 2.78. The quantitative estimate of drug-likeness (QED) is 0.764. The van der Waals surface area contributed by atoms with Crippen LogP contribution in [0.5, 0.6) is 0 Å². The first-order chi connectivity index (χ1) is 4.57. The van der Waals surface area contributed by atoms with Crippen LogP contribution in [0.3, 0.4) is 0 Å². The maximum absolute atomic E-state index is 10.2. The largest absolute Gasteiger partial charge is 0.481 e. The van der Waals surface area contributed by atoms with Gasteiger partial charge in [-0.3, -0.25) is 4.79 Å². The van der Waals surface area contributed by atoms with Crippen molar-refractivity contribution in [3.8, 4) is 0 Å². The molecule has 0 heterocycles. The summed E-state index contributed by atoms with van der Waals surface area (Å²) in [5.74, 6) is -0.702. The molecule has 11 heavy (non-hydrogen) atoms. The zero-order valence-electron chi connectivity index (χ0n) is 6.95. The zero-order valence-corrected chi connectivity index (χ0v) is 11.7. The van der Waals surface area contributed by atoms with Gasteiger partial charge < -0.3 is 10.2 Å². The van der Waals surface area contributed by atoms with Crippen LogP contribution < -0.4 is 0 Å². The van der Waals surface area contributed by atoms with Crippen molar-refractivity contribution in [1.29, 1.82) is 0 Å². The van der Waals surface area contributed by atoms with Crippen molar-refractivity contribution in [2.75, 3.05) is 6.61 Å². The maximum atomic E-state index is 10.2. The monoisotopic (exact) mass is 373 g/mol. The van der Waals surface area contributed by atoms with Crippen molar-refractivity contribution in [3.63, 3.8) is 0 Å². The van der Waals surface area contributed by atoms with E-state index in [1.54, 1.807) is 0 Å². The zero-order chi connectivity index (χ0) is 8.15. The van der Waals surface area contributed by atoms with Gasteiger partial charge in [0.05, 0.1) is 6.42 Å². The van der Waals surface area contributed by atoms with Gasteiger partial charge in [-0.2, -0.15) is 0 Å². The summed E-state index contributed by atoms with van der Waals surface area (Å²) in [5.41, 5.74) is 0. The van der Waals surface area contributed by atoms with Gasteiger partial charge in [-0.15, -0.1) is 0 Å². The molecule has 0 aliphatic heterocycles. The Hall–Kier alpha value is 0.872. The van der Waals surface area contributed by atoms with E-state index < -0.39 is 5.97 Å². The van der Waals surface area contributed by atoms with Crippen molar-refractivity contribution in [1.82, 2.24) is 0 Å².